The van der Waals surface area contributed by atoms with E-state index in [1.54, 1.807) is 5.57 Å². The van der Waals surface area contributed by atoms with Gasteiger partial charge in [-0.25, -0.2) is 4.98 Å². The Hall–Kier alpha value is -1.57. The van der Waals surface area contributed by atoms with Gasteiger partial charge in [0.25, 0.3) is 0 Å². The molecule has 0 unspecified atom stereocenters. The average Bonchev–Trinajstić information content (AvgIpc) is 2.60. The second-order valence-corrected chi connectivity index (χ2v) is 4.10. The van der Waals surface area contributed by atoms with Crippen molar-refractivity contribution in [3.63, 3.8) is 0 Å². The summed E-state index contributed by atoms with van der Waals surface area (Å²) in [6.07, 6.45) is 8.24. The number of imidazole rings is 1. The van der Waals surface area contributed by atoms with E-state index in [0.29, 0.717) is 0 Å². The summed E-state index contributed by atoms with van der Waals surface area (Å²) in [7, 11) is 0. The van der Waals surface area contributed by atoms with Crippen molar-refractivity contribution < 1.29 is 0 Å². The van der Waals surface area contributed by atoms with Crippen LogP contribution in [0.5, 0.6) is 0 Å². The second kappa shape index (κ2) is 3.54. The second-order valence-electron chi connectivity index (χ2n) is 4.10. The number of hydrogen-bond donors (Lipinski definition) is 0. The molecular formula is C13H14N2. The molecule has 1 aliphatic carbocycles. The van der Waals surface area contributed by atoms with E-state index < -0.39 is 0 Å². The zero-order valence-electron chi connectivity index (χ0n) is 8.69. The topological polar surface area (TPSA) is 17.8 Å². The minimum atomic E-state index is 0.968. The predicted molar refractivity (Wildman–Crippen MR) is 61.7 cm³/mol. The Morgan fingerprint density at radius 2 is 2.13 bits per heavy atom. The molecule has 1 saturated carbocycles. The van der Waals surface area contributed by atoms with Gasteiger partial charge in [0.05, 0.1) is 17.4 Å². The minimum Gasteiger partial charge on any atom is -0.327 e. The molecular weight excluding hydrogens is 184 g/mol. The number of fused-ring (bicyclic) bond motifs is 1. The summed E-state index contributed by atoms with van der Waals surface area (Å²) in [5, 5.41) is 0. The summed E-state index contributed by atoms with van der Waals surface area (Å²) in [4.78, 5) is 4.37. The van der Waals surface area contributed by atoms with E-state index in [1.165, 1.54) is 24.8 Å². The molecule has 0 spiro atoms. The number of hydrogen-bond acceptors (Lipinski definition) is 1. The molecule has 2 heteroatoms. The molecule has 1 aromatic carbocycles. The van der Waals surface area contributed by atoms with Gasteiger partial charge in [0, 0.05) is 6.54 Å². The van der Waals surface area contributed by atoms with Crippen molar-refractivity contribution in [2.45, 2.75) is 25.8 Å². The highest BCUT2D eigenvalue weighted by molar-refractivity contribution is 5.74. The van der Waals surface area contributed by atoms with Gasteiger partial charge in [0.2, 0.25) is 0 Å². The molecule has 1 fully saturated rings. The summed E-state index contributed by atoms with van der Waals surface area (Å²) in [6, 6.07) is 8.28. The smallest absolute Gasteiger partial charge is 0.0961 e. The highest BCUT2D eigenvalue weighted by Crippen LogP contribution is 2.25. The van der Waals surface area contributed by atoms with E-state index in [1.807, 2.05) is 12.4 Å². The van der Waals surface area contributed by atoms with Crippen molar-refractivity contribution in [2.75, 3.05) is 0 Å². The van der Waals surface area contributed by atoms with E-state index >= 15 is 0 Å². The zero-order chi connectivity index (χ0) is 10.1. The largest absolute Gasteiger partial charge is 0.327 e. The molecule has 0 aliphatic heterocycles. The predicted octanol–water partition coefficient (Wildman–Crippen LogP) is 3.15. The molecule has 0 atom stereocenters. The van der Waals surface area contributed by atoms with Crippen LogP contribution in [-0.4, -0.2) is 9.55 Å². The van der Waals surface area contributed by atoms with Crippen molar-refractivity contribution in [3.8, 4) is 0 Å². The van der Waals surface area contributed by atoms with Gasteiger partial charge >= 0.3 is 0 Å². The number of rotatable bonds is 2. The summed E-state index contributed by atoms with van der Waals surface area (Å²) in [6.45, 7) is 0.968. The van der Waals surface area contributed by atoms with Gasteiger partial charge < -0.3 is 4.57 Å². The van der Waals surface area contributed by atoms with Gasteiger partial charge in [-0.05, 0) is 31.4 Å². The maximum atomic E-state index is 4.37. The fraction of sp³-hybridized carbons (Fsp3) is 0.308. The SMILES string of the molecule is C(Cn1cnc2ccccc21)=C1CCC1. The Kier molecular flexibility index (Phi) is 2.05. The molecule has 0 saturated heterocycles. The highest BCUT2D eigenvalue weighted by Gasteiger charge is 2.07. The maximum absolute atomic E-state index is 4.37. The Morgan fingerprint density at radius 1 is 1.27 bits per heavy atom. The molecule has 0 bridgehead atoms. The lowest BCUT2D eigenvalue weighted by atomic mass is 9.92. The van der Waals surface area contributed by atoms with Crippen LogP contribution in [-0.2, 0) is 6.54 Å². The molecule has 76 valence electrons. The molecule has 1 aliphatic rings. The minimum absolute atomic E-state index is 0.968. The van der Waals surface area contributed by atoms with Crippen LogP contribution < -0.4 is 0 Å². The standard InChI is InChI=1S/C13H14N2/c1-2-7-13-12(6-1)14-10-15(13)9-8-11-4-3-5-11/h1-2,6-8,10H,3-5,9H2. The van der Waals surface area contributed by atoms with Gasteiger partial charge in [0.15, 0.2) is 0 Å². The molecule has 3 rings (SSSR count). The number of nitrogens with zero attached hydrogens (tertiary/aromatic N) is 2. The van der Waals surface area contributed by atoms with Crippen molar-refractivity contribution in [2.24, 2.45) is 0 Å². The third-order valence-electron chi connectivity index (χ3n) is 3.10. The average molecular weight is 198 g/mol. The molecule has 0 radical (unpaired) electrons. The monoisotopic (exact) mass is 198 g/mol. The zero-order valence-corrected chi connectivity index (χ0v) is 8.69. The van der Waals surface area contributed by atoms with Crippen LogP contribution in [0, 0.1) is 0 Å². The van der Waals surface area contributed by atoms with E-state index in [4.69, 9.17) is 0 Å². The number of aromatic nitrogens is 2. The van der Waals surface area contributed by atoms with Crippen LogP contribution in [0.3, 0.4) is 0 Å². The number of para-hydroxylation sites is 2. The molecule has 0 N–H and O–H groups in total. The first-order chi connectivity index (χ1) is 7.43. The summed E-state index contributed by atoms with van der Waals surface area (Å²) < 4.78 is 2.21. The van der Waals surface area contributed by atoms with Crippen LogP contribution in [0.15, 0.2) is 42.2 Å². The lowest BCUT2D eigenvalue weighted by molar-refractivity contribution is 0.650. The molecule has 1 heterocycles. The van der Waals surface area contributed by atoms with Gasteiger partial charge in [-0.1, -0.05) is 23.8 Å². The van der Waals surface area contributed by atoms with E-state index in [0.717, 1.165) is 12.1 Å². The van der Waals surface area contributed by atoms with Crippen molar-refractivity contribution in [3.05, 3.63) is 42.2 Å². The lowest BCUT2D eigenvalue weighted by Gasteiger charge is -2.16. The van der Waals surface area contributed by atoms with Crippen molar-refractivity contribution >= 4 is 11.0 Å². The van der Waals surface area contributed by atoms with Gasteiger partial charge in [-0.2, -0.15) is 0 Å². The molecule has 2 nitrogen and oxygen atoms in total. The molecule has 15 heavy (non-hydrogen) atoms. The fourth-order valence-corrected chi connectivity index (χ4v) is 1.97. The Bertz CT molecular complexity index is 502. The normalized spacial score (nSPS) is 15.3. The van der Waals surface area contributed by atoms with E-state index in [2.05, 4.69) is 33.8 Å². The van der Waals surface area contributed by atoms with Crippen LogP contribution in [0.1, 0.15) is 19.3 Å². The number of allylic oxidation sites excluding steroid dienone is 2. The quantitative estimate of drug-likeness (QED) is 0.678. The van der Waals surface area contributed by atoms with Crippen LogP contribution in [0.2, 0.25) is 0 Å². The fourth-order valence-electron chi connectivity index (χ4n) is 1.97. The van der Waals surface area contributed by atoms with E-state index in [9.17, 15) is 0 Å². The Labute approximate surface area is 89.2 Å². The highest BCUT2D eigenvalue weighted by atomic mass is 15.0. The van der Waals surface area contributed by atoms with Gasteiger partial charge in [0.1, 0.15) is 0 Å². The Balaban J connectivity index is 1.90. The number of benzene rings is 1. The third-order valence-corrected chi connectivity index (χ3v) is 3.10. The summed E-state index contributed by atoms with van der Waals surface area (Å²) in [5.74, 6) is 0. The first kappa shape index (κ1) is 8.72. The first-order valence-corrected chi connectivity index (χ1v) is 5.51. The molecule has 0 amide bonds. The third kappa shape index (κ3) is 1.56. The molecule has 2 aromatic rings. The maximum Gasteiger partial charge on any atom is 0.0961 e. The van der Waals surface area contributed by atoms with Crippen molar-refractivity contribution in [1.29, 1.82) is 0 Å². The summed E-state index contributed by atoms with van der Waals surface area (Å²) >= 11 is 0. The van der Waals surface area contributed by atoms with Crippen molar-refractivity contribution in [1.82, 2.24) is 9.55 Å². The first-order valence-electron chi connectivity index (χ1n) is 5.51. The van der Waals surface area contributed by atoms with Crippen LogP contribution in [0.25, 0.3) is 11.0 Å². The van der Waals surface area contributed by atoms with Gasteiger partial charge in [-0.15, -0.1) is 0 Å². The van der Waals surface area contributed by atoms with Gasteiger partial charge in [-0.3, -0.25) is 0 Å². The van der Waals surface area contributed by atoms with E-state index in [-0.39, 0.29) is 0 Å². The Morgan fingerprint density at radius 3 is 2.93 bits per heavy atom. The summed E-state index contributed by atoms with van der Waals surface area (Å²) in [5.41, 5.74) is 3.92. The lowest BCUT2D eigenvalue weighted by Crippen LogP contribution is -2.00. The van der Waals surface area contributed by atoms with Crippen LogP contribution in [0.4, 0.5) is 0 Å². The van der Waals surface area contributed by atoms with Crippen LogP contribution >= 0.6 is 0 Å². The molecule has 1 aromatic heterocycles.